The van der Waals surface area contributed by atoms with Crippen molar-refractivity contribution >= 4 is 11.9 Å². The molecule has 0 amide bonds. The fourth-order valence-corrected chi connectivity index (χ4v) is 3.72. The van der Waals surface area contributed by atoms with E-state index in [0.717, 1.165) is 27.8 Å². The highest BCUT2D eigenvalue weighted by atomic mass is 19.4. The molecular formula is C24H25F3O4. The molecule has 0 saturated carbocycles. The van der Waals surface area contributed by atoms with E-state index in [0.29, 0.717) is 0 Å². The van der Waals surface area contributed by atoms with Crippen molar-refractivity contribution in [3.8, 4) is 11.1 Å². The second kappa shape index (κ2) is 9.12. The lowest BCUT2D eigenvalue weighted by Gasteiger charge is -2.16. The van der Waals surface area contributed by atoms with E-state index in [1.807, 2.05) is 42.5 Å². The van der Waals surface area contributed by atoms with Crippen LogP contribution in [0.3, 0.4) is 0 Å². The molecule has 2 aromatic rings. The minimum absolute atomic E-state index is 0.0860. The fraction of sp³-hybridized carbons (Fsp3) is 0.417. The average molecular weight is 434 g/mol. The number of carbonyl (C=O) groups is 2. The second-order valence-corrected chi connectivity index (χ2v) is 8.17. The van der Waals surface area contributed by atoms with E-state index >= 15 is 0 Å². The van der Waals surface area contributed by atoms with Crippen LogP contribution in [0.4, 0.5) is 13.2 Å². The Bertz CT molecular complexity index is 966. The summed E-state index contributed by atoms with van der Waals surface area (Å²) in [6.07, 6.45) is -4.28. The van der Waals surface area contributed by atoms with Gasteiger partial charge in [-0.1, -0.05) is 63.2 Å². The molecular weight excluding hydrogens is 409 g/mol. The normalized spacial score (nSPS) is 15.9. The van der Waals surface area contributed by atoms with Gasteiger partial charge in [0.1, 0.15) is 6.61 Å². The lowest BCUT2D eigenvalue weighted by Crippen LogP contribution is -2.24. The Labute approximate surface area is 179 Å². The van der Waals surface area contributed by atoms with Gasteiger partial charge in [-0.15, -0.1) is 0 Å². The maximum absolute atomic E-state index is 12.3. The number of benzene rings is 2. The van der Waals surface area contributed by atoms with Crippen LogP contribution in [0.5, 0.6) is 0 Å². The summed E-state index contributed by atoms with van der Waals surface area (Å²) in [4.78, 5) is 23.9. The summed E-state index contributed by atoms with van der Waals surface area (Å²) < 4.78 is 46.7. The molecule has 2 atom stereocenters. The van der Waals surface area contributed by atoms with Crippen LogP contribution in [0.1, 0.15) is 43.4 Å². The first-order valence-corrected chi connectivity index (χ1v) is 10.2. The third kappa shape index (κ3) is 5.46. The van der Waals surface area contributed by atoms with Gasteiger partial charge in [-0.2, -0.15) is 13.2 Å². The number of esters is 2. The van der Waals surface area contributed by atoms with Gasteiger partial charge in [0.05, 0.1) is 11.8 Å². The molecule has 0 N–H and O–H groups in total. The molecule has 3 rings (SSSR count). The Morgan fingerprint density at radius 1 is 0.935 bits per heavy atom. The Balaban J connectivity index is 1.78. The Morgan fingerprint density at radius 3 is 2.29 bits per heavy atom. The molecule has 1 aliphatic carbocycles. The number of fused-ring (bicyclic) bond motifs is 3. The molecule has 1 aliphatic rings. The van der Waals surface area contributed by atoms with Crippen molar-refractivity contribution in [1.29, 1.82) is 0 Å². The molecule has 166 valence electrons. The van der Waals surface area contributed by atoms with Crippen LogP contribution in [0.2, 0.25) is 0 Å². The second-order valence-electron chi connectivity index (χ2n) is 8.17. The molecule has 0 radical (unpaired) electrons. The van der Waals surface area contributed by atoms with Gasteiger partial charge in [-0.3, -0.25) is 9.59 Å². The van der Waals surface area contributed by atoms with Crippen LogP contribution in [0.25, 0.3) is 11.1 Å². The summed E-state index contributed by atoms with van der Waals surface area (Å²) in [6, 6.07) is 13.6. The molecule has 0 aromatic heterocycles. The van der Waals surface area contributed by atoms with E-state index in [-0.39, 0.29) is 30.8 Å². The number of carbonyl (C=O) groups excluding carboxylic acids is 2. The van der Waals surface area contributed by atoms with Crippen LogP contribution in [-0.2, 0) is 25.5 Å². The van der Waals surface area contributed by atoms with Crippen molar-refractivity contribution in [2.24, 2.45) is 11.8 Å². The van der Waals surface area contributed by atoms with E-state index in [9.17, 15) is 22.8 Å². The monoisotopic (exact) mass is 434 g/mol. The Kier molecular flexibility index (Phi) is 6.72. The van der Waals surface area contributed by atoms with Crippen molar-refractivity contribution in [2.45, 2.75) is 39.3 Å². The zero-order chi connectivity index (χ0) is 22.8. The van der Waals surface area contributed by atoms with E-state index in [4.69, 9.17) is 4.74 Å². The van der Waals surface area contributed by atoms with Crippen molar-refractivity contribution < 1.29 is 32.2 Å². The highest BCUT2D eigenvalue weighted by Gasteiger charge is 2.32. The smallest absolute Gasteiger partial charge is 0.422 e. The van der Waals surface area contributed by atoms with Gasteiger partial charge in [-0.25, -0.2) is 0 Å². The predicted octanol–water partition coefficient (Wildman–Crippen LogP) is 5.28. The molecule has 0 aliphatic heterocycles. The third-order valence-corrected chi connectivity index (χ3v) is 5.31. The Hall–Kier alpha value is -2.83. The molecule has 31 heavy (non-hydrogen) atoms. The van der Waals surface area contributed by atoms with Crippen LogP contribution in [0, 0.1) is 11.8 Å². The topological polar surface area (TPSA) is 52.6 Å². The maximum Gasteiger partial charge on any atom is 0.422 e. The third-order valence-electron chi connectivity index (χ3n) is 5.31. The summed E-state index contributed by atoms with van der Waals surface area (Å²) in [5, 5.41) is 0. The van der Waals surface area contributed by atoms with Gasteiger partial charge in [0.15, 0.2) is 6.61 Å². The molecule has 4 nitrogen and oxygen atoms in total. The van der Waals surface area contributed by atoms with E-state index < -0.39 is 24.7 Å². The molecule has 0 spiro atoms. The first kappa shape index (κ1) is 22.8. The van der Waals surface area contributed by atoms with Crippen LogP contribution < -0.4 is 0 Å². The fourth-order valence-electron chi connectivity index (χ4n) is 3.72. The number of hydrogen-bond donors (Lipinski definition) is 0. The highest BCUT2D eigenvalue weighted by Crippen LogP contribution is 2.45. The molecule has 2 aromatic carbocycles. The number of ether oxygens (including phenoxy) is 2. The minimum Gasteiger partial charge on any atom is -0.464 e. The Morgan fingerprint density at radius 2 is 1.61 bits per heavy atom. The van der Waals surface area contributed by atoms with E-state index in [1.165, 1.54) is 0 Å². The van der Waals surface area contributed by atoms with Gasteiger partial charge >= 0.3 is 18.1 Å². The molecule has 0 saturated heterocycles. The maximum atomic E-state index is 12.3. The SMILES string of the molecule is CC(C)C(=O)OCC1c2ccccc2-c2cc(CC(C)C(=O)OCC(F)(F)F)ccc21. The van der Waals surface area contributed by atoms with Crippen molar-refractivity contribution in [2.75, 3.05) is 13.2 Å². The van der Waals surface area contributed by atoms with E-state index in [1.54, 1.807) is 20.8 Å². The van der Waals surface area contributed by atoms with Crippen molar-refractivity contribution in [1.82, 2.24) is 0 Å². The lowest BCUT2D eigenvalue weighted by molar-refractivity contribution is -0.188. The first-order valence-electron chi connectivity index (χ1n) is 10.2. The highest BCUT2D eigenvalue weighted by molar-refractivity contribution is 5.80. The summed E-state index contributed by atoms with van der Waals surface area (Å²) in [7, 11) is 0. The summed E-state index contributed by atoms with van der Waals surface area (Å²) in [6.45, 7) is 3.77. The average Bonchev–Trinajstić information content (AvgIpc) is 3.02. The minimum atomic E-state index is -4.54. The number of rotatable bonds is 7. The quantitative estimate of drug-likeness (QED) is 0.556. The number of alkyl halides is 3. The summed E-state index contributed by atoms with van der Waals surface area (Å²) in [5.74, 6) is -2.14. The largest absolute Gasteiger partial charge is 0.464 e. The van der Waals surface area contributed by atoms with Gasteiger partial charge in [0.2, 0.25) is 0 Å². The van der Waals surface area contributed by atoms with Gasteiger partial charge in [-0.05, 0) is 34.2 Å². The molecule has 0 bridgehead atoms. The summed E-state index contributed by atoms with van der Waals surface area (Å²) >= 11 is 0. The van der Waals surface area contributed by atoms with Gasteiger partial charge in [0.25, 0.3) is 0 Å². The molecule has 0 fully saturated rings. The van der Waals surface area contributed by atoms with Crippen LogP contribution in [-0.4, -0.2) is 31.3 Å². The zero-order valence-electron chi connectivity index (χ0n) is 17.7. The number of hydrogen-bond acceptors (Lipinski definition) is 4. The number of halogens is 3. The van der Waals surface area contributed by atoms with Crippen LogP contribution in [0.15, 0.2) is 42.5 Å². The standard InChI is InChI=1S/C24H25F3O4/c1-14(2)22(28)30-12-21-18-7-5-4-6-17(18)20-11-16(8-9-19(20)21)10-15(3)23(29)31-13-24(25,26)27/h4-9,11,14-15,21H,10,12-13H2,1-3H3. The van der Waals surface area contributed by atoms with Gasteiger partial charge < -0.3 is 9.47 Å². The molecule has 2 unspecified atom stereocenters. The van der Waals surface area contributed by atoms with Gasteiger partial charge in [0, 0.05) is 5.92 Å². The zero-order valence-corrected chi connectivity index (χ0v) is 17.7. The van der Waals surface area contributed by atoms with E-state index in [2.05, 4.69) is 4.74 Å². The summed E-state index contributed by atoms with van der Waals surface area (Å²) in [5.41, 5.74) is 4.91. The predicted molar refractivity (Wildman–Crippen MR) is 109 cm³/mol. The first-order chi connectivity index (χ1) is 14.6. The van der Waals surface area contributed by atoms with Crippen LogP contribution >= 0.6 is 0 Å². The van der Waals surface area contributed by atoms with Crippen molar-refractivity contribution in [3.63, 3.8) is 0 Å². The van der Waals surface area contributed by atoms with Crippen molar-refractivity contribution in [3.05, 3.63) is 59.2 Å². The molecule has 7 heteroatoms. The molecule has 0 heterocycles. The lowest BCUT2D eigenvalue weighted by atomic mass is 9.94.